The van der Waals surface area contributed by atoms with Gasteiger partial charge in [0.15, 0.2) is 0 Å². The summed E-state index contributed by atoms with van der Waals surface area (Å²) in [6.07, 6.45) is 7.66. The van der Waals surface area contributed by atoms with Crippen LogP contribution in [0.1, 0.15) is 31.2 Å². The number of aliphatic hydroxyl groups excluding tert-OH is 1. The van der Waals surface area contributed by atoms with Crippen molar-refractivity contribution in [3.63, 3.8) is 0 Å². The van der Waals surface area contributed by atoms with Crippen molar-refractivity contribution in [2.45, 2.75) is 38.2 Å². The highest BCUT2D eigenvalue weighted by molar-refractivity contribution is 5.78. The molecule has 0 saturated heterocycles. The van der Waals surface area contributed by atoms with Crippen LogP contribution < -0.4 is 5.32 Å². The molecular weight excluding hydrogens is 216 g/mol. The second-order valence-electron chi connectivity index (χ2n) is 4.77. The molecule has 0 unspecified atom stereocenters. The SMILES string of the molecule is O=C(NCCc1cc[nH]c1)C1CCC(O)CC1. The van der Waals surface area contributed by atoms with Gasteiger partial charge in [0.1, 0.15) is 0 Å². The van der Waals surface area contributed by atoms with E-state index in [2.05, 4.69) is 10.3 Å². The fourth-order valence-corrected chi connectivity index (χ4v) is 2.33. The Bertz CT molecular complexity index is 340. The van der Waals surface area contributed by atoms with Crippen molar-refractivity contribution in [3.8, 4) is 0 Å². The molecule has 1 heterocycles. The number of rotatable bonds is 4. The molecule has 0 aliphatic heterocycles. The molecular formula is C13H20N2O2. The quantitative estimate of drug-likeness (QED) is 0.736. The summed E-state index contributed by atoms with van der Waals surface area (Å²) in [6.45, 7) is 0.690. The first kappa shape index (κ1) is 12.2. The second kappa shape index (κ2) is 5.87. The predicted octanol–water partition coefficient (Wildman–Crippen LogP) is 1.22. The van der Waals surface area contributed by atoms with Crippen molar-refractivity contribution in [2.24, 2.45) is 5.92 Å². The molecule has 1 aliphatic carbocycles. The molecule has 3 N–H and O–H groups in total. The fourth-order valence-electron chi connectivity index (χ4n) is 2.33. The summed E-state index contributed by atoms with van der Waals surface area (Å²) in [4.78, 5) is 14.8. The first-order valence-electron chi connectivity index (χ1n) is 6.33. The highest BCUT2D eigenvalue weighted by Crippen LogP contribution is 2.24. The number of hydrogen-bond acceptors (Lipinski definition) is 2. The molecule has 1 fully saturated rings. The Hall–Kier alpha value is -1.29. The lowest BCUT2D eigenvalue weighted by molar-refractivity contribution is -0.126. The van der Waals surface area contributed by atoms with Gasteiger partial charge in [0, 0.05) is 24.9 Å². The molecule has 0 atom stereocenters. The van der Waals surface area contributed by atoms with Crippen molar-refractivity contribution < 1.29 is 9.90 Å². The normalized spacial score (nSPS) is 24.5. The van der Waals surface area contributed by atoms with Gasteiger partial charge < -0.3 is 15.4 Å². The van der Waals surface area contributed by atoms with E-state index in [0.717, 1.165) is 32.1 Å². The van der Waals surface area contributed by atoms with E-state index in [1.165, 1.54) is 5.56 Å². The zero-order valence-corrected chi connectivity index (χ0v) is 9.98. The van der Waals surface area contributed by atoms with Crippen LogP contribution in [-0.4, -0.2) is 28.6 Å². The minimum atomic E-state index is -0.195. The van der Waals surface area contributed by atoms with Crippen LogP contribution in [0.15, 0.2) is 18.5 Å². The van der Waals surface area contributed by atoms with E-state index in [-0.39, 0.29) is 17.9 Å². The number of nitrogens with one attached hydrogen (secondary N) is 2. The Morgan fingerprint density at radius 1 is 1.41 bits per heavy atom. The molecule has 0 spiro atoms. The number of hydrogen-bond donors (Lipinski definition) is 3. The lowest BCUT2D eigenvalue weighted by atomic mass is 9.87. The molecule has 94 valence electrons. The van der Waals surface area contributed by atoms with Gasteiger partial charge in [-0.05, 0) is 43.7 Å². The lowest BCUT2D eigenvalue weighted by Crippen LogP contribution is -2.35. The summed E-state index contributed by atoms with van der Waals surface area (Å²) in [5, 5.41) is 12.3. The zero-order chi connectivity index (χ0) is 12.1. The molecule has 1 aromatic heterocycles. The van der Waals surface area contributed by atoms with Crippen molar-refractivity contribution in [1.29, 1.82) is 0 Å². The average Bonchev–Trinajstić information content (AvgIpc) is 2.83. The molecule has 0 aromatic carbocycles. The largest absolute Gasteiger partial charge is 0.393 e. The number of aliphatic hydroxyl groups is 1. The number of H-pyrrole nitrogens is 1. The van der Waals surface area contributed by atoms with Crippen LogP contribution in [0.25, 0.3) is 0 Å². The van der Waals surface area contributed by atoms with Crippen molar-refractivity contribution in [3.05, 3.63) is 24.0 Å². The maximum absolute atomic E-state index is 11.8. The Morgan fingerprint density at radius 3 is 2.82 bits per heavy atom. The highest BCUT2D eigenvalue weighted by Gasteiger charge is 2.24. The Labute approximate surface area is 101 Å². The smallest absolute Gasteiger partial charge is 0.223 e. The van der Waals surface area contributed by atoms with Gasteiger partial charge in [-0.1, -0.05) is 0 Å². The fraction of sp³-hybridized carbons (Fsp3) is 0.615. The Kier molecular flexibility index (Phi) is 4.20. The van der Waals surface area contributed by atoms with E-state index in [9.17, 15) is 9.90 Å². The van der Waals surface area contributed by atoms with E-state index >= 15 is 0 Å². The molecule has 0 bridgehead atoms. The van der Waals surface area contributed by atoms with Crippen LogP contribution in [0.3, 0.4) is 0 Å². The Balaban J connectivity index is 1.67. The molecule has 17 heavy (non-hydrogen) atoms. The van der Waals surface area contributed by atoms with E-state index in [1.807, 2.05) is 18.5 Å². The minimum absolute atomic E-state index is 0.102. The van der Waals surface area contributed by atoms with Crippen molar-refractivity contribution >= 4 is 5.91 Å². The van der Waals surface area contributed by atoms with Crippen LogP contribution in [-0.2, 0) is 11.2 Å². The van der Waals surface area contributed by atoms with Crippen LogP contribution >= 0.6 is 0 Å². The summed E-state index contributed by atoms with van der Waals surface area (Å²) in [5.74, 6) is 0.247. The van der Waals surface area contributed by atoms with Gasteiger partial charge in [-0.2, -0.15) is 0 Å². The summed E-state index contributed by atoms with van der Waals surface area (Å²) in [5.41, 5.74) is 1.21. The Morgan fingerprint density at radius 2 is 2.18 bits per heavy atom. The molecule has 1 aromatic rings. The number of aromatic amines is 1. The van der Waals surface area contributed by atoms with Crippen LogP contribution in [0.5, 0.6) is 0 Å². The van der Waals surface area contributed by atoms with Gasteiger partial charge in [0.05, 0.1) is 6.10 Å². The topological polar surface area (TPSA) is 65.1 Å². The summed E-state index contributed by atoms with van der Waals surface area (Å²) in [6, 6.07) is 2.02. The first-order valence-corrected chi connectivity index (χ1v) is 6.33. The maximum atomic E-state index is 11.8. The van der Waals surface area contributed by atoms with E-state index in [1.54, 1.807) is 0 Å². The first-order chi connectivity index (χ1) is 8.25. The molecule has 1 saturated carbocycles. The number of amides is 1. The predicted molar refractivity (Wildman–Crippen MR) is 65.5 cm³/mol. The number of carbonyl (C=O) groups excluding carboxylic acids is 1. The van der Waals surface area contributed by atoms with E-state index in [4.69, 9.17) is 0 Å². The molecule has 4 nitrogen and oxygen atoms in total. The van der Waals surface area contributed by atoms with E-state index < -0.39 is 0 Å². The van der Waals surface area contributed by atoms with Gasteiger partial charge >= 0.3 is 0 Å². The number of carbonyl (C=O) groups is 1. The summed E-state index contributed by atoms with van der Waals surface area (Å²) < 4.78 is 0. The standard InChI is InChI=1S/C13H20N2O2/c16-12-3-1-11(2-4-12)13(17)15-8-6-10-5-7-14-9-10/h5,7,9,11-12,14,16H,1-4,6,8H2,(H,15,17). The molecule has 0 radical (unpaired) electrons. The number of aromatic nitrogens is 1. The minimum Gasteiger partial charge on any atom is -0.393 e. The maximum Gasteiger partial charge on any atom is 0.223 e. The van der Waals surface area contributed by atoms with Gasteiger partial charge in [-0.25, -0.2) is 0 Å². The average molecular weight is 236 g/mol. The van der Waals surface area contributed by atoms with Gasteiger partial charge in [-0.3, -0.25) is 4.79 Å². The zero-order valence-electron chi connectivity index (χ0n) is 9.98. The van der Waals surface area contributed by atoms with Crippen LogP contribution in [0, 0.1) is 5.92 Å². The van der Waals surface area contributed by atoms with Gasteiger partial charge in [0.25, 0.3) is 0 Å². The third-order valence-electron chi connectivity index (χ3n) is 3.44. The molecule has 1 amide bonds. The molecule has 4 heteroatoms. The monoisotopic (exact) mass is 236 g/mol. The van der Waals surface area contributed by atoms with E-state index in [0.29, 0.717) is 6.54 Å². The summed E-state index contributed by atoms with van der Waals surface area (Å²) >= 11 is 0. The molecule has 1 aliphatic rings. The van der Waals surface area contributed by atoms with Gasteiger partial charge in [0.2, 0.25) is 5.91 Å². The third-order valence-corrected chi connectivity index (χ3v) is 3.44. The molecule has 2 rings (SSSR count). The van der Waals surface area contributed by atoms with Crippen molar-refractivity contribution in [1.82, 2.24) is 10.3 Å². The second-order valence-corrected chi connectivity index (χ2v) is 4.77. The van der Waals surface area contributed by atoms with Crippen molar-refractivity contribution in [2.75, 3.05) is 6.54 Å². The third kappa shape index (κ3) is 3.60. The van der Waals surface area contributed by atoms with Crippen LogP contribution in [0.4, 0.5) is 0 Å². The lowest BCUT2D eigenvalue weighted by Gasteiger charge is -2.24. The summed E-state index contributed by atoms with van der Waals surface area (Å²) in [7, 11) is 0. The van der Waals surface area contributed by atoms with Crippen LogP contribution in [0.2, 0.25) is 0 Å². The highest BCUT2D eigenvalue weighted by atomic mass is 16.3. The van der Waals surface area contributed by atoms with Gasteiger partial charge in [-0.15, -0.1) is 0 Å².